The molecule has 4 rings (SSSR count). The van der Waals surface area contributed by atoms with Crippen molar-refractivity contribution in [3.63, 3.8) is 0 Å². The minimum absolute atomic E-state index is 0.148. The first-order valence-electron chi connectivity index (χ1n) is 9.86. The van der Waals surface area contributed by atoms with Crippen LogP contribution in [0.25, 0.3) is 0 Å². The topological polar surface area (TPSA) is 29.1 Å². The summed E-state index contributed by atoms with van der Waals surface area (Å²) in [6.07, 6.45) is 0. The largest absolute Gasteiger partial charge is 0.322 e. The van der Waals surface area contributed by atoms with E-state index >= 15 is 0 Å². The molecule has 148 valence electrons. The minimum atomic E-state index is -0.839. The highest BCUT2D eigenvalue weighted by molar-refractivity contribution is 6.28. The van der Waals surface area contributed by atoms with Crippen LogP contribution in [-0.2, 0) is 4.87 Å². The first-order valence-corrected chi connectivity index (χ1v) is 10.2. The Morgan fingerprint density at radius 1 is 0.667 bits per heavy atom. The van der Waals surface area contributed by atoms with Gasteiger partial charge in [-0.05, 0) is 47.9 Å². The molecule has 0 aromatic heterocycles. The standard InChI is InChI=1S/C27H22ClNO/c1-20-12-18-25(19-13-20)29-26(30)21-14-16-24(17-15-21)27(28,22-8-4-2-5-9-22)23-10-6-3-7-11-23/h2-19H,1H3,(H,29,30). The number of carbonyl (C=O) groups excluding carboxylic acids is 1. The van der Waals surface area contributed by atoms with Gasteiger partial charge in [-0.1, -0.05) is 90.5 Å². The molecule has 0 aliphatic rings. The number of amides is 1. The van der Waals surface area contributed by atoms with Gasteiger partial charge >= 0.3 is 0 Å². The molecule has 0 saturated heterocycles. The van der Waals surface area contributed by atoms with E-state index in [0.29, 0.717) is 5.56 Å². The van der Waals surface area contributed by atoms with Crippen molar-refractivity contribution in [1.82, 2.24) is 0 Å². The SMILES string of the molecule is Cc1ccc(NC(=O)c2ccc(C(Cl)(c3ccccc3)c3ccccc3)cc2)cc1. The molecule has 0 aliphatic carbocycles. The van der Waals surface area contributed by atoms with Crippen LogP contribution < -0.4 is 5.32 Å². The Balaban J connectivity index is 1.66. The fourth-order valence-electron chi connectivity index (χ4n) is 3.53. The van der Waals surface area contributed by atoms with E-state index in [0.717, 1.165) is 27.9 Å². The van der Waals surface area contributed by atoms with Gasteiger partial charge in [-0.25, -0.2) is 0 Å². The molecule has 1 amide bonds. The molecule has 4 aromatic carbocycles. The maximum absolute atomic E-state index is 12.7. The molecule has 1 N–H and O–H groups in total. The predicted octanol–water partition coefficient (Wildman–Crippen LogP) is 6.78. The van der Waals surface area contributed by atoms with E-state index in [1.165, 1.54) is 0 Å². The quantitative estimate of drug-likeness (QED) is 0.284. The fraction of sp³-hybridized carbons (Fsp3) is 0.0741. The third kappa shape index (κ3) is 4.00. The molecule has 2 nitrogen and oxygen atoms in total. The molecule has 0 spiro atoms. The highest BCUT2D eigenvalue weighted by Crippen LogP contribution is 2.42. The van der Waals surface area contributed by atoms with E-state index in [4.69, 9.17) is 11.6 Å². The van der Waals surface area contributed by atoms with Crippen molar-refractivity contribution in [3.05, 3.63) is 137 Å². The van der Waals surface area contributed by atoms with Crippen molar-refractivity contribution in [2.24, 2.45) is 0 Å². The number of benzene rings is 4. The summed E-state index contributed by atoms with van der Waals surface area (Å²) in [6.45, 7) is 2.02. The predicted molar refractivity (Wildman–Crippen MR) is 124 cm³/mol. The van der Waals surface area contributed by atoms with Crippen LogP contribution in [0.2, 0.25) is 0 Å². The lowest BCUT2D eigenvalue weighted by molar-refractivity contribution is 0.102. The van der Waals surface area contributed by atoms with Gasteiger partial charge in [0.25, 0.3) is 5.91 Å². The highest BCUT2D eigenvalue weighted by atomic mass is 35.5. The summed E-state index contributed by atoms with van der Waals surface area (Å²) in [7, 11) is 0. The first-order chi connectivity index (χ1) is 14.6. The van der Waals surface area contributed by atoms with E-state index in [1.54, 1.807) is 0 Å². The van der Waals surface area contributed by atoms with E-state index in [2.05, 4.69) is 5.32 Å². The van der Waals surface area contributed by atoms with Crippen molar-refractivity contribution >= 4 is 23.2 Å². The number of carbonyl (C=O) groups is 1. The minimum Gasteiger partial charge on any atom is -0.322 e. The van der Waals surface area contributed by atoms with Gasteiger partial charge in [0.05, 0.1) is 0 Å². The summed E-state index contributed by atoms with van der Waals surface area (Å²) >= 11 is 7.29. The zero-order chi connectivity index (χ0) is 21.0. The van der Waals surface area contributed by atoms with Gasteiger partial charge in [0.2, 0.25) is 0 Å². The van der Waals surface area contributed by atoms with Gasteiger partial charge in [0, 0.05) is 11.3 Å². The second-order valence-electron chi connectivity index (χ2n) is 7.29. The maximum Gasteiger partial charge on any atom is 0.255 e. The number of halogens is 1. The lowest BCUT2D eigenvalue weighted by atomic mass is 9.84. The van der Waals surface area contributed by atoms with E-state index < -0.39 is 4.87 Å². The molecule has 0 saturated carbocycles. The van der Waals surface area contributed by atoms with Crippen LogP contribution >= 0.6 is 11.6 Å². The average Bonchev–Trinajstić information content (AvgIpc) is 2.81. The fourth-order valence-corrected chi connectivity index (χ4v) is 3.91. The Hall–Kier alpha value is -3.36. The number of hydrogen-bond donors (Lipinski definition) is 1. The van der Waals surface area contributed by atoms with Crippen LogP contribution in [0.4, 0.5) is 5.69 Å². The summed E-state index contributed by atoms with van der Waals surface area (Å²) in [6, 6.07) is 35.2. The lowest BCUT2D eigenvalue weighted by Gasteiger charge is -2.29. The van der Waals surface area contributed by atoms with Gasteiger partial charge in [0.15, 0.2) is 0 Å². The molecule has 4 aromatic rings. The smallest absolute Gasteiger partial charge is 0.255 e. The van der Waals surface area contributed by atoms with Crippen molar-refractivity contribution < 1.29 is 4.79 Å². The first kappa shape index (κ1) is 19.9. The Morgan fingerprint density at radius 2 is 1.13 bits per heavy atom. The summed E-state index contributed by atoms with van der Waals surface area (Å²) < 4.78 is 0. The third-order valence-electron chi connectivity index (χ3n) is 5.20. The second kappa shape index (κ2) is 8.56. The number of anilines is 1. The van der Waals surface area contributed by atoms with Gasteiger partial charge in [-0.3, -0.25) is 4.79 Å². The summed E-state index contributed by atoms with van der Waals surface area (Å²) in [5, 5.41) is 2.94. The number of hydrogen-bond acceptors (Lipinski definition) is 1. The molecule has 0 aliphatic heterocycles. The van der Waals surface area contributed by atoms with Crippen molar-refractivity contribution in [3.8, 4) is 0 Å². The van der Waals surface area contributed by atoms with Crippen LogP contribution in [0.15, 0.2) is 109 Å². The van der Waals surface area contributed by atoms with Crippen molar-refractivity contribution in [1.29, 1.82) is 0 Å². The zero-order valence-corrected chi connectivity index (χ0v) is 17.4. The summed E-state index contributed by atoms with van der Waals surface area (Å²) in [5.74, 6) is -0.148. The van der Waals surface area contributed by atoms with Crippen LogP contribution in [0.1, 0.15) is 32.6 Å². The number of nitrogens with one attached hydrogen (secondary N) is 1. The zero-order valence-electron chi connectivity index (χ0n) is 16.7. The molecule has 0 heterocycles. The Kier molecular flexibility index (Phi) is 5.69. The van der Waals surface area contributed by atoms with Crippen LogP contribution in [0, 0.1) is 6.92 Å². The third-order valence-corrected chi connectivity index (χ3v) is 5.85. The van der Waals surface area contributed by atoms with Crippen LogP contribution in [0.5, 0.6) is 0 Å². The van der Waals surface area contributed by atoms with Gasteiger partial charge < -0.3 is 5.32 Å². The van der Waals surface area contributed by atoms with Gasteiger partial charge in [-0.15, -0.1) is 11.6 Å². The lowest BCUT2D eigenvalue weighted by Crippen LogP contribution is -2.22. The normalized spacial score (nSPS) is 11.1. The van der Waals surface area contributed by atoms with Crippen LogP contribution in [0.3, 0.4) is 0 Å². The Morgan fingerprint density at radius 3 is 1.63 bits per heavy atom. The number of rotatable bonds is 5. The molecule has 3 heteroatoms. The Labute approximate surface area is 182 Å². The molecular formula is C27H22ClNO. The molecule has 0 radical (unpaired) electrons. The molecule has 0 unspecified atom stereocenters. The summed E-state index contributed by atoms with van der Waals surface area (Å²) in [5.41, 5.74) is 5.38. The molecule has 30 heavy (non-hydrogen) atoms. The monoisotopic (exact) mass is 411 g/mol. The molecule has 0 fully saturated rings. The Bertz CT molecular complexity index is 1080. The van der Waals surface area contributed by atoms with Crippen LogP contribution in [-0.4, -0.2) is 5.91 Å². The molecule has 0 bridgehead atoms. The van der Waals surface area contributed by atoms with Crippen molar-refractivity contribution in [2.75, 3.05) is 5.32 Å². The van der Waals surface area contributed by atoms with E-state index in [1.807, 2.05) is 116 Å². The average molecular weight is 412 g/mol. The second-order valence-corrected chi connectivity index (χ2v) is 7.85. The number of aryl methyl sites for hydroxylation is 1. The molecule has 0 atom stereocenters. The maximum atomic E-state index is 12.7. The van der Waals surface area contributed by atoms with E-state index in [-0.39, 0.29) is 5.91 Å². The molecular weight excluding hydrogens is 390 g/mol. The number of alkyl halides is 1. The van der Waals surface area contributed by atoms with Gasteiger partial charge in [0.1, 0.15) is 4.87 Å². The highest BCUT2D eigenvalue weighted by Gasteiger charge is 2.33. The van der Waals surface area contributed by atoms with Gasteiger partial charge in [-0.2, -0.15) is 0 Å². The van der Waals surface area contributed by atoms with Crippen molar-refractivity contribution in [2.45, 2.75) is 11.8 Å². The van der Waals surface area contributed by atoms with E-state index in [9.17, 15) is 4.79 Å². The summed E-state index contributed by atoms with van der Waals surface area (Å²) in [4.78, 5) is 11.8.